The maximum absolute atomic E-state index is 13.5. The average Bonchev–Trinajstić information content (AvgIpc) is 3.28. The summed E-state index contributed by atoms with van der Waals surface area (Å²) in [4.78, 5) is 13.1. The largest absolute Gasteiger partial charge is 0.497 e. The highest BCUT2D eigenvalue weighted by Crippen LogP contribution is 2.29. The molecule has 0 spiro atoms. The number of rotatable bonds is 9. The van der Waals surface area contributed by atoms with Crippen LogP contribution in [0.15, 0.2) is 64.1 Å². The van der Waals surface area contributed by atoms with E-state index in [0.717, 1.165) is 9.87 Å². The smallest absolute Gasteiger partial charge is 0.244 e. The van der Waals surface area contributed by atoms with Gasteiger partial charge in [-0.2, -0.15) is 4.31 Å². The van der Waals surface area contributed by atoms with Crippen LogP contribution >= 0.6 is 0 Å². The first kappa shape index (κ1) is 23.4. The summed E-state index contributed by atoms with van der Waals surface area (Å²) in [5, 5.41) is 2.72. The van der Waals surface area contributed by atoms with E-state index in [2.05, 4.69) is 5.32 Å². The summed E-state index contributed by atoms with van der Waals surface area (Å²) in [7, 11) is -1.00. The zero-order valence-electron chi connectivity index (χ0n) is 18.4. The monoisotopic (exact) mass is 458 g/mol. The summed E-state index contributed by atoms with van der Waals surface area (Å²) in [6.07, 6.45) is 1.46. The van der Waals surface area contributed by atoms with E-state index in [1.807, 2.05) is 13.0 Å². The third kappa shape index (κ3) is 5.30. The number of aryl methyl sites for hydroxylation is 2. The van der Waals surface area contributed by atoms with Crippen molar-refractivity contribution in [2.45, 2.75) is 25.3 Å². The lowest BCUT2D eigenvalue weighted by atomic mass is 10.2. The highest BCUT2D eigenvalue weighted by Gasteiger charge is 2.29. The second-order valence-corrected chi connectivity index (χ2v) is 9.14. The van der Waals surface area contributed by atoms with Gasteiger partial charge in [0.25, 0.3) is 0 Å². The minimum atomic E-state index is -3.99. The Morgan fingerprint density at radius 3 is 2.50 bits per heavy atom. The predicted octanol–water partition coefficient (Wildman–Crippen LogP) is 3.74. The van der Waals surface area contributed by atoms with Gasteiger partial charge >= 0.3 is 0 Å². The van der Waals surface area contributed by atoms with Crippen LogP contribution in [0.25, 0.3) is 0 Å². The van der Waals surface area contributed by atoms with Gasteiger partial charge in [-0.3, -0.25) is 4.79 Å². The molecule has 3 aromatic rings. The number of carbonyl (C=O) groups is 1. The molecule has 9 heteroatoms. The molecule has 0 bridgehead atoms. The number of ether oxygens (including phenoxy) is 2. The van der Waals surface area contributed by atoms with Crippen LogP contribution in [0.2, 0.25) is 0 Å². The number of carbonyl (C=O) groups excluding carboxylic acids is 1. The van der Waals surface area contributed by atoms with E-state index < -0.39 is 22.5 Å². The summed E-state index contributed by atoms with van der Waals surface area (Å²) >= 11 is 0. The molecule has 0 saturated carbocycles. The number of methoxy groups -OCH3 is 2. The number of hydrogen-bond donors (Lipinski definition) is 1. The Labute approximate surface area is 187 Å². The van der Waals surface area contributed by atoms with Gasteiger partial charge < -0.3 is 19.2 Å². The number of anilines is 1. The van der Waals surface area contributed by atoms with Gasteiger partial charge in [0.15, 0.2) is 0 Å². The molecule has 0 aliphatic rings. The molecule has 0 atom stereocenters. The van der Waals surface area contributed by atoms with Crippen molar-refractivity contribution in [1.82, 2.24) is 4.31 Å². The lowest BCUT2D eigenvalue weighted by Gasteiger charge is -2.22. The molecule has 3 rings (SSSR count). The van der Waals surface area contributed by atoms with Crippen LogP contribution in [0.5, 0.6) is 11.5 Å². The molecule has 170 valence electrons. The molecule has 8 nitrogen and oxygen atoms in total. The molecule has 1 amide bonds. The van der Waals surface area contributed by atoms with Crippen molar-refractivity contribution in [2.24, 2.45) is 0 Å². The fraction of sp³-hybridized carbons (Fsp3) is 0.261. The number of hydrogen-bond acceptors (Lipinski definition) is 6. The molecule has 0 aliphatic carbocycles. The van der Waals surface area contributed by atoms with Gasteiger partial charge in [-0.1, -0.05) is 12.1 Å². The van der Waals surface area contributed by atoms with Gasteiger partial charge in [0.2, 0.25) is 15.9 Å². The summed E-state index contributed by atoms with van der Waals surface area (Å²) in [6.45, 7) is 3.03. The van der Waals surface area contributed by atoms with Crippen LogP contribution in [-0.2, 0) is 21.4 Å². The molecule has 32 heavy (non-hydrogen) atoms. The summed E-state index contributed by atoms with van der Waals surface area (Å²) in [5.41, 5.74) is 1.77. The van der Waals surface area contributed by atoms with E-state index in [1.54, 1.807) is 49.4 Å². The lowest BCUT2D eigenvalue weighted by Crippen LogP contribution is -2.37. The van der Waals surface area contributed by atoms with Gasteiger partial charge in [0.1, 0.15) is 17.3 Å². The van der Waals surface area contributed by atoms with Crippen molar-refractivity contribution in [2.75, 3.05) is 26.1 Å². The van der Waals surface area contributed by atoms with Crippen molar-refractivity contribution < 1.29 is 27.1 Å². The second-order valence-electron chi connectivity index (χ2n) is 7.24. The van der Waals surface area contributed by atoms with Gasteiger partial charge in [-0.15, -0.1) is 0 Å². The van der Waals surface area contributed by atoms with Gasteiger partial charge in [-0.25, -0.2) is 8.42 Å². The van der Waals surface area contributed by atoms with Crippen LogP contribution in [0.4, 0.5) is 5.69 Å². The maximum atomic E-state index is 13.5. The number of amides is 1. The van der Waals surface area contributed by atoms with Gasteiger partial charge in [0.05, 0.1) is 44.2 Å². The Bertz CT molecular complexity index is 1190. The fourth-order valence-corrected chi connectivity index (χ4v) is 4.86. The first-order chi connectivity index (χ1) is 15.2. The fourth-order valence-electron chi connectivity index (χ4n) is 3.19. The van der Waals surface area contributed by atoms with Crippen LogP contribution in [-0.4, -0.2) is 39.4 Å². The zero-order valence-corrected chi connectivity index (χ0v) is 19.2. The van der Waals surface area contributed by atoms with Crippen molar-refractivity contribution in [3.05, 3.63) is 71.7 Å². The maximum Gasteiger partial charge on any atom is 0.244 e. The second kappa shape index (κ2) is 9.88. The van der Waals surface area contributed by atoms with Crippen molar-refractivity contribution in [1.29, 1.82) is 0 Å². The molecule has 0 fully saturated rings. The molecule has 2 aromatic carbocycles. The minimum absolute atomic E-state index is 0.0919. The first-order valence-electron chi connectivity index (χ1n) is 9.86. The number of furan rings is 1. The molecule has 0 unspecified atom stereocenters. The van der Waals surface area contributed by atoms with Gasteiger partial charge in [0, 0.05) is 6.07 Å². The first-order valence-corrected chi connectivity index (χ1v) is 11.3. The Morgan fingerprint density at radius 2 is 1.84 bits per heavy atom. The predicted molar refractivity (Wildman–Crippen MR) is 120 cm³/mol. The molecule has 0 saturated heterocycles. The topological polar surface area (TPSA) is 98.1 Å². The number of sulfonamides is 1. The molecule has 1 aromatic heterocycles. The van der Waals surface area contributed by atoms with Crippen molar-refractivity contribution in [3.63, 3.8) is 0 Å². The molecular formula is C23H26N2O6S. The summed E-state index contributed by atoms with van der Waals surface area (Å²) in [6, 6.07) is 13.5. The van der Waals surface area contributed by atoms with Crippen LogP contribution < -0.4 is 14.8 Å². The quantitative estimate of drug-likeness (QED) is 0.525. The molecule has 0 aliphatic heterocycles. The third-order valence-electron chi connectivity index (χ3n) is 4.87. The van der Waals surface area contributed by atoms with E-state index in [1.165, 1.54) is 20.5 Å². The zero-order chi connectivity index (χ0) is 23.3. The van der Waals surface area contributed by atoms with Crippen molar-refractivity contribution in [3.8, 4) is 11.5 Å². The van der Waals surface area contributed by atoms with E-state index in [9.17, 15) is 13.2 Å². The van der Waals surface area contributed by atoms with Gasteiger partial charge in [-0.05, 0) is 55.3 Å². The average molecular weight is 459 g/mol. The highest BCUT2D eigenvalue weighted by atomic mass is 32.2. The van der Waals surface area contributed by atoms with E-state index >= 15 is 0 Å². The Hall–Kier alpha value is -3.30. The number of nitrogens with zero attached hydrogens (tertiary/aromatic N) is 1. The van der Waals surface area contributed by atoms with Crippen LogP contribution in [0.3, 0.4) is 0 Å². The Morgan fingerprint density at radius 1 is 1.06 bits per heavy atom. The number of nitrogens with one attached hydrogen (secondary N) is 1. The third-order valence-corrected chi connectivity index (χ3v) is 6.81. The molecule has 1 N–H and O–H groups in total. The summed E-state index contributed by atoms with van der Waals surface area (Å²) < 4.78 is 43.9. The Balaban J connectivity index is 1.91. The molecular weight excluding hydrogens is 432 g/mol. The molecule has 0 radical (unpaired) electrons. The van der Waals surface area contributed by atoms with Crippen LogP contribution in [0.1, 0.15) is 16.9 Å². The standard InChI is InChI=1S/C23H26N2O6S/c1-16-7-8-17(2)22(12-16)32(27,28)25(14-19-6-5-11-31-19)15-23(26)24-20-13-18(29-3)9-10-21(20)30-4/h5-13H,14-15H2,1-4H3,(H,24,26). The Kier molecular flexibility index (Phi) is 7.22. The van der Waals surface area contributed by atoms with E-state index in [0.29, 0.717) is 28.5 Å². The lowest BCUT2D eigenvalue weighted by molar-refractivity contribution is -0.116. The van der Waals surface area contributed by atoms with E-state index in [4.69, 9.17) is 13.9 Å². The summed E-state index contributed by atoms with van der Waals surface area (Å²) in [5.74, 6) is 0.841. The van der Waals surface area contributed by atoms with Crippen molar-refractivity contribution >= 4 is 21.6 Å². The van der Waals surface area contributed by atoms with Crippen LogP contribution in [0, 0.1) is 13.8 Å². The minimum Gasteiger partial charge on any atom is -0.497 e. The molecule has 1 heterocycles. The number of benzene rings is 2. The van der Waals surface area contributed by atoms with E-state index in [-0.39, 0.29) is 11.4 Å². The SMILES string of the molecule is COc1ccc(OC)c(NC(=O)CN(Cc2ccco2)S(=O)(=O)c2cc(C)ccc2C)c1. The highest BCUT2D eigenvalue weighted by molar-refractivity contribution is 7.89. The normalized spacial score (nSPS) is 11.4.